The van der Waals surface area contributed by atoms with Gasteiger partial charge < -0.3 is 14.6 Å². The van der Waals surface area contributed by atoms with Crippen molar-refractivity contribution in [3.63, 3.8) is 0 Å². The number of carbonyl (C=O) groups excluding carboxylic acids is 1. The zero-order chi connectivity index (χ0) is 29.4. The molecule has 1 fully saturated rings. The smallest absolute Gasteiger partial charge is 0.320 e. The highest BCUT2D eigenvalue weighted by atomic mass is 19.2. The number of carbonyl (C=O) groups is 1. The summed E-state index contributed by atoms with van der Waals surface area (Å²) in [5, 5.41) is 11.0. The lowest BCUT2D eigenvalue weighted by atomic mass is 10.1. The second-order valence-corrected chi connectivity index (χ2v) is 11.0. The molecule has 2 amide bonds. The monoisotopic (exact) mass is 576 g/mol. The molecule has 2 N–H and O–H groups in total. The lowest BCUT2D eigenvalue weighted by molar-refractivity contribution is 0.158. The summed E-state index contributed by atoms with van der Waals surface area (Å²) in [6.45, 7) is 5.70. The Kier molecular flexibility index (Phi) is 7.76. The van der Waals surface area contributed by atoms with E-state index in [2.05, 4.69) is 38.5 Å². The Balaban J connectivity index is 1.28. The van der Waals surface area contributed by atoms with Crippen LogP contribution in [0.2, 0.25) is 0 Å². The van der Waals surface area contributed by atoms with Gasteiger partial charge in [0.25, 0.3) is 0 Å². The van der Waals surface area contributed by atoms with Crippen LogP contribution >= 0.6 is 0 Å². The zero-order valence-corrected chi connectivity index (χ0v) is 23.8. The van der Waals surface area contributed by atoms with Gasteiger partial charge in [0.15, 0.2) is 11.6 Å². The highest BCUT2D eigenvalue weighted by Gasteiger charge is 2.35. The van der Waals surface area contributed by atoms with Gasteiger partial charge in [0.1, 0.15) is 5.82 Å². The van der Waals surface area contributed by atoms with Gasteiger partial charge in [0, 0.05) is 69.6 Å². The molecule has 0 spiro atoms. The molecule has 2 aliphatic heterocycles. The summed E-state index contributed by atoms with van der Waals surface area (Å²) in [4.78, 5) is 22.5. The first kappa shape index (κ1) is 28.0. The van der Waals surface area contributed by atoms with Crippen molar-refractivity contribution in [2.45, 2.75) is 32.1 Å². The van der Waals surface area contributed by atoms with Crippen molar-refractivity contribution in [1.29, 1.82) is 0 Å². The number of nitrogens with one attached hydrogen (secondary N) is 2. The van der Waals surface area contributed by atoms with Gasteiger partial charge in [-0.25, -0.2) is 18.3 Å². The van der Waals surface area contributed by atoms with E-state index >= 15 is 0 Å². The number of likely N-dealkylation sites (tertiary alicyclic amines) is 1. The number of hydrogen-bond acceptors (Lipinski definition) is 6. The molecule has 0 saturated carbocycles. The largest absolute Gasteiger partial charge is 0.383 e. The first-order chi connectivity index (χ1) is 20.3. The highest BCUT2D eigenvalue weighted by Crippen LogP contribution is 2.33. The van der Waals surface area contributed by atoms with Crippen molar-refractivity contribution < 1.29 is 18.3 Å². The Morgan fingerprint density at radius 2 is 1.88 bits per heavy atom. The van der Waals surface area contributed by atoms with E-state index in [1.54, 1.807) is 11.8 Å². The molecule has 220 valence electrons. The van der Waals surface area contributed by atoms with Crippen molar-refractivity contribution in [3.8, 4) is 16.9 Å². The van der Waals surface area contributed by atoms with E-state index in [-0.39, 0.29) is 6.04 Å². The number of ether oxygens (including phenoxy) is 1. The number of amides is 2. The van der Waals surface area contributed by atoms with Crippen molar-refractivity contribution in [3.05, 3.63) is 83.4 Å². The number of aromatic nitrogens is 4. The van der Waals surface area contributed by atoms with Crippen LogP contribution in [-0.4, -0.2) is 81.6 Å². The summed E-state index contributed by atoms with van der Waals surface area (Å²) in [5.74, 6) is -1.32. The van der Waals surface area contributed by atoms with Crippen LogP contribution in [0.3, 0.4) is 0 Å². The van der Waals surface area contributed by atoms with Gasteiger partial charge in [-0.1, -0.05) is 18.2 Å². The lowest BCUT2D eigenvalue weighted by Gasteiger charge is -2.22. The van der Waals surface area contributed by atoms with E-state index in [0.717, 1.165) is 53.7 Å². The number of nitrogens with zero attached hydrogens (tertiary/aromatic N) is 6. The van der Waals surface area contributed by atoms with Gasteiger partial charge in [-0.2, -0.15) is 5.10 Å². The fourth-order valence-electron chi connectivity index (χ4n) is 5.86. The van der Waals surface area contributed by atoms with Crippen LogP contribution in [0.5, 0.6) is 0 Å². The third-order valence-electron chi connectivity index (χ3n) is 7.98. The Morgan fingerprint density at radius 3 is 2.62 bits per heavy atom. The number of rotatable bonds is 8. The second-order valence-electron chi connectivity index (χ2n) is 11.0. The Bertz CT molecular complexity index is 1570. The van der Waals surface area contributed by atoms with Crippen LogP contribution in [-0.2, 0) is 17.8 Å². The maximum Gasteiger partial charge on any atom is 0.320 e. The predicted molar refractivity (Wildman–Crippen MR) is 154 cm³/mol. The van der Waals surface area contributed by atoms with Gasteiger partial charge >= 0.3 is 6.03 Å². The highest BCUT2D eigenvalue weighted by molar-refractivity contribution is 5.91. The summed E-state index contributed by atoms with van der Waals surface area (Å²) < 4.78 is 36.3. The molecule has 0 unspecified atom stereocenters. The van der Waals surface area contributed by atoms with Crippen LogP contribution in [0.1, 0.15) is 22.9 Å². The van der Waals surface area contributed by atoms with Crippen molar-refractivity contribution in [2.75, 3.05) is 45.7 Å². The van der Waals surface area contributed by atoms with Crippen molar-refractivity contribution in [2.24, 2.45) is 0 Å². The standard InChI is InChI=1S/C30H34F2N8O2/c1-19-28(20-11-21-13-37(2)16-25(21)33-12-20)36-40(22-7-5-4-6-8-22)29(19)35-30(41)34-26-17-38(9-10-42-3)18-27(26)39-14-23(31)24(32)15-39/h4-8,11-12,14-15,26-27H,9-10,13,16-18H2,1-3H3,(H2,34,35,41)/t26-,27-/m1/s1. The van der Waals surface area contributed by atoms with E-state index in [1.807, 2.05) is 43.5 Å². The second kappa shape index (κ2) is 11.6. The SMILES string of the molecule is COCCN1C[C@@H](n2cc(F)c(F)c2)[C@H](NC(=O)Nc2c(C)c(-c3cnc4c(c3)CN(C)C4)nn2-c2ccccc2)C1. The number of methoxy groups -OCH3 is 1. The molecule has 12 heteroatoms. The van der Waals surface area contributed by atoms with Crippen LogP contribution in [0.25, 0.3) is 16.9 Å². The maximum atomic E-state index is 13.9. The van der Waals surface area contributed by atoms with E-state index in [1.165, 1.54) is 10.1 Å². The van der Waals surface area contributed by atoms with E-state index in [9.17, 15) is 13.6 Å². The molecule has 1 aromatic carbocycles. The molecular weight excluding hydrogens is 542 g/mol. The average molecular weight is 577 g/mol. The average Bonchev–Trinajstić information content (AvgIpc) is 3.72. The number of halogens is 2. The van der Waals surface area contributed by atoms with Gasteiger partial charge in [-0.05, 0) is 37.7 Å². The van der Waals surface area contributed by atoms with E-state index in [4.69, 9.17) is 9.84 Å². The number of anilines is 1. The molecule has 5 heterocycles. The van der Waals surface area contributed by atoms with Gasteiger partial charge in [0.2, 0.25) is 0 Å². The minimum atomic E-state index is -0.920. The fraction of sp³-hybridized carbons (Fsp3) is 0.367. The molecule has 0 bridgehead atoms. The Hall–Kier alpha value is -4.13. The molecular formula is C30H34F2N8O2. The Labute approximate surface area is 242 Å². The summed E-state index contributed by atoms with van der Waals surface area (Å²) in [6.07, 6.45) is 4.10. The van der Waals surface area contributed by atoms with Crippen molar-refractivity contribution >= 4 is 11.8 Å². The van der Waals surface area contributed by atoms with E-state index < -0.39 is 23.7 Å². The number of benzene rings is 1. The topological polar surface area (TPSA) is 92.5 Å². The Morgan fingerprint density at radius 1 is 1.12 bits per heavy atom. The molecule has 6 rings (SSSR count). The molecule has 10 nitrogen and oxygen atoms in total. The predicted octanol–water partition coefficient (Wildman–Crippen LogP) is 3.96. The van der Waals surface area contributed by atoms with Crippen LogP contribution < -0.4 is 10.6 Å². The van der Waals surface area contributed by atoms with Crippen molar-refractivity contribution in [1.82, 2.24) is 34.4 Å². The molecule has 2 aliphatic rings. The first-order valence-electron chi connectivity index (χ1n) is 13.9. The molecule has 2 atom stereocenters. The summed E-state index contributed by atoms with van der Waals surface area (Å²) in [5.41, 5.74) is 5.41. The summed E-state index contributed by atoms with van der Waals surface area (Å²) in [7, 11) is 3.68. The third kappa shape index (κ3) is 5.52. The molecule has 42 heavy (non-hydrogen) atoms. The zero-order valence-electron chi connectivity index (χ0n) is 23.8. The fourth-order valence-corrected chi connectivity index (χ4v) is 5.86. The summed E-state index contributed by atoms with van der Waals surface area (Å²) >= 11 is 0. The minimum absolute atomic E-state index is 0.363. The number of urea groups is 1. The van der Waals surface area contributed by atoms with Crippen LogP contribution in [0, 0.1) is 18.6 Å². The molecule has 0 aliphatic carbocycles. The molecule has 1 saturated heterocycles. The number of para-hydroxylation sites is 1. The molecule has 3 aromatic heterocycles. The van der Waals surface area contributed by atoms with Gasteiger partial charge in [0.05, 0.1) is 35.8 Å². The van der Waals surface area contributed by atoms with Crippen LogP contribution in [0.4, 0.5) is 19.4 Å². The lowest BCUT2D eigenvalue weighted by Crippen LogP contribution is -2.43. The number of pyridine rings is 1. The number of fused-ring (bicyclic) bond motifs is 1. The molecule has 4 aromatic rings. The molecule has 0 radical (unpaired) electrons. The van der Waals surface area contributed by atoms with E-state index in [0.29, 0.717) is 32.1 Å². The number of hydrogen-bond donors (Lipinski definition) is 2. The quantitative estimate of drug-likeness (QED) is 0.330. The van der Waals surface area contributed by atoms with Crippen LogP contribution in [0.15, 0.2) is 55.0 Å². The van der Waals surface area contributed by atoms with Gasteiger partial charge in [-0.15, -0.1) is 0 Å². The first-order valence-corrected chi connectivity index (χ1v) is 13.9. The van der Waals surface area contributed by atoms with Gasteiger partial charge in [-0.3, -0.25) is 20.1 Å². The minimum Gasteiger partial charge on any atom is -0.383 e. The normalized spacial score (nSPS) is 18.9. The summed E-state index contributed by atoms with van der Waals surface area (Å²) in [6, 6.07) is 10.5. The third-order valence-corrected chi connectivity index (χ3v) is 7.98. The maximum absolute atomic E-state index is 13.9.